The molecule has 0 amide bonds. The fourth-order valence-corrected chi connectivity index (χ4v) is 4.59. The zero-order valence-electron chi connectivity index (χ0n) is 18.3. The molecule has 2 aromatic rings. The van der Waals surface area contributed by atoms with Crippen molar-refractivity contribution in [2.24, 2.45) is 0 Å². The van der Waals surface area contributed by atoms with Gasteiger partial charge in [0.15, 0.2) is 11.5 Å². The van der Waals surface area contributed by atoms with E-state index in [9.17, 15) is 27.6 Å². The number of phenolic OH excluding ortho intramolecular Hbond substituents is 1. The van der Waals surface area contributed by atoms with Gasteiger partial charge in [-0.1, -0.05) is 0 Å². The van der Waals surface area contributed by atoms with Gasteiger partial charge < -0.3 is 20.1 Å². The lowest BCUT2D eigenvalue weighted by Crippen LogP contribution is -2.37. The fraction of sp³-hybridized carbons (Fsp3) is 0.391. The van der Waals surface area contributed by atoms with Crippen LogP contribution in [0.3, 0.4) is 0 Å². The zero-order valence-corrected chi connectivity index (χ0v) is 19.1. The Morgan fingerprint density at radius 3 is 2.43 bits per heavy atom. The Kier molecular flexibility index (Phi) is 8.03. The standard InChI is InChI=1S/C13H13F3N2O3S.C10H9NO2/c14-13(15,16)10-1-2-11(9(5-10)6-17)22(21)18-4-3-12(20,7-18)8-19;11-6-7-1-4-9(12)10(5-7)13-8-2-3-8/h1-2,5,19-20H,3-4,7-8H2;1,4-5,8,12H,2-3H2. The first-order valence-corrected chi connectivity index (χ1v) is 11.6. The van der Waals surface area contributed by atoms with Crippen LogP contribution in [0.4, 0.5) is 13.2 Å². The molecular formula is C23H22F3N3O5S. The molecule has 2 unspecified atom stereocenters. The molecule has 2 aromatic carbocycles. The average molecular weight is 510 g/mol. The van der Waals surface area contributed by atoms with E-state index in [1.807, 2.05) is 6.07 Å². The highest BCUT2D eigenvalue weighted by Crippen LogP contribution is 2.34. The number of alkyl halides is 3. The fourth-order valence-electron chi connectivity index (χ4n) is 3.22. The molecule has 1 aliphatic heterocycles. The lowest BCUT2D eigenvalue weighted by atomic mass is 10.1. The second-order valence-corrected chi connectivity index (χ2v) is 9.63. The summed E-state index contributed by atoms with van der Waals surface area (Å²) in [5, 5.41) is 46.0. The van der Waals surface area contributed by atoms with Crippen molar-refractivity contribution in [3.05, 3.63) is 53.1 Å². The van der Waals surface area contributed by atoms with Crippen molar-refractivity contribution >= 4 is 11.0 Å². The predicted octanol–water partition coefficient (Wildman–Crippen LogP) is 2.83. The third-order valence-electron chi connectivity index (χ3n) is 5.35. The lowest BCUT2D eigenvalue weighted by Gasteiger charge is -2.20. The Morgan fingerprint density at radius 1 is 1.17 bits per heavy atom. The van der Waals surface area contributed by atoms with Gasteiger partial charge in [-0.25, -0.2) is 8.51 Å². The first-order chi connectivity index (χ1) is 16.5. The quantitative estimate of drug-likeness (QED) is 0.564. The van der Waals surface area contributed by atoms with Gasteiger partial charge in [0.2, 0.25) is 0 Å². The van der Waals surface area contributed by atoms with Crippen molar-refractivity contribution in [1.29, 1.82) is 10.5 Å². The van der Waals surface area contributed by atoms with Gasteiger partial charge in [0.05, 0.1) is 40.4 Å². The molecule has 1 heterocycles. The molecule has 1 aliphatic carbocycles. The van der Waals surface area contributed by atoms with Crippen molar-refractivity contribution < 1.29 is 37.4 Å². The SMILES string of the molecule is N#Cc1cc(C(F)(F)F)ccc1S(=O)N1CCC(O)(CO)C1.N#Cc1ccc(O)c(OC2CC2)c1. The summed E-state index contributed by atoms with van der Waals surface area (Å²) >= 11 is 0. The number of halogens is 3. The van der Waals surface area contributed by atoms with E-state index in [1.54, 1.807) is 18.2 Å². The first kappa shape index (κ1) is 26.4. The normalized spacial score (nSPS) is 20.8. The van der Waals surface area contributed by atoms with Gasteiger partial charge in [-0.15, -0.1) is 0 Å². The summed E-state index contributed by atoms with van der Waals surface area (Å²) in [4.78, 5) is -0.0438. The van der Waals surface area contributed by atoms with Crippen molar-refractivity contribution in [3.8, 4) is 23.6 Å². The molecule has 186 valence electrons. The van der Waals surface area contributed by atoms with Crippen molar-refractivity contribution in [3.63, 3.8) is 0 Å². The summed E-state index contributed by atoms with van der Waals surface area (Å²) in [7, 11) is -1.88. The third kappa shape index (κ3) is 6.71. The van der Waals surface area contributed by atoms with E-state index < -0.39 is 34.9 Å². The Morgan fingerprint density at radius 2 is 1.89 bits per heavy atom. The molecule has 8 nitrogen and oxygen atoms in total. The van der Waals surface area contributed by atoms with Gasteiger partial charge in [-0.2, -0.15) is 23.7 Å². The number of nitrogens with zero attached hydrogens (tertiary/aromatic N) is 3. The number of hydrogen-bond donors (Lipinski definition) is 3. The van der Waals surface area contributed by atoms with E-state index in [-0.39, 0.29) is 41.8 Å². The highest BCUT2D eigenvalue weighted by Gasteiger charge is 2.39. The maximum Gasteiger partial charge on any atom is 0.416 e. The maximum absolute atomic E-state index is 12.6. The Bertz CT molecular complexity index is 1190. The van der Waals surface area contributed by atoms with Crippen LogP contribution >= 0.6 is 0 Å². The van der Waals surface area contributed by atoms with Crippen LogP contribution in [0.5, 0.6) is 11.5 Å². The number of nitriles is 2. The summed E-state index contributed by atoms with van der Waals surface area (Å²) in [6.07, 6.45) is -2.08. The van der Waals surface area contributed by atoms with Crippen molar-refractivity contribution in [2.45, 2.75) is 42.0 Å². The molecule has 0 spiro atoms. The number of aliphatic hydroxyl groups excluding tert-OH is 1. The highest BCUT2D eigenvalue weighted by molar-refractivity contribution is 7.82. The van der Waals surface area contributed by atoms with Crippen LogP contribution in [0.1, 0.15) is 36.0 Å². The van der Waals surface area contributed by atoms with E-state index in [0.717, 1.165) is 25.0 Å². The maximum atomic E-state index is 12.6. The van der Waals surface area contributed by atoms with E-state index in [4.69, 9.17) is 20.4 Å². The summed E-state index contributed by atoms with van der Waals surface area (Å²) in [5.74, 6) is 0.521. The number of phenols is 1. The van der Waals surface area contributed by atoms with Gasteiger partial charge in [0, 0.05) is 19.2 Å². The summed E-state index contributed by atoms with van der Waals surface area (Å²) in [6, 6.07) is 10.7. The van der Waals surface area contributed by atoms with E-state index >= 15 is 0 Å². The summed E-state index contributed by atoms with van der Waals surface area (Å²) in [6.45, 7) is -0.379. The third-order valence-corrected chi connectivity index (χ3v) is 6.86. The second kappa shape index (κ2) is 10.6. The zero-order chi connectivity index (χ0) is 25.8. The Labute approximate surface area is 202 Å². The number of benzene rings is 2. The van der Waals surface area contributed by atoms with Crippen molar-refractivity contribution in [2.75, 3.05) is 19.7 Å². The largest absolute Gasteiger partial charge is 0.504 e. The molecule has 3 N–H and O–H groups in total. The van der Waals surface area contributed by atoms with E-state index in [0.29, 0.717) is 17.4 Å². The van der Waals surface area contributed by atoms with Gasteiger partial charge in [-0.05, 0) is 49.6 Å². The van der Waals surface area contributed by atoms with Crippen LogP contribution in [-0.2, 0) is 17.2 Å². The molecule has 0 bridgehead atoms. The number of β-amino-alcohol motifs (C(OH)–C–C–N with tert-alkyl or cyclic N) is 1. The number of ether oxygens (including phenoxy) is 1. The smallest absolute Gasteiger partial charge is 0.416 e. The molecule has 12 heteroatoms. The minimum atomic E-state index is -4.59. The Hall–Kier alpha value is -3.16. The molecule has 0 radical (unpaired) electrons. The van der Waals surface area contributed by atoms with E-state index in [2.05, 4.69) is 0 Å². The topological polar surface area (TPSA) is 138 Å². The van der Waals surface area contributed by atoms with Gasteiger partial charge in [0.25, 0.3) is 0 Å². The minimum Gasteiger partial charge on any atom is -0.504 e. The van der Waals surface area contributed by atoms with Crippen LogP contribution in [0.25, 0.3) is 0 Å². The van der Waals surface area contributed by atoms with Crippen molar-refractivity contribution in [1.82, 2.24) is 4.31 Å². The number of hydrogen-bond acceptors (Lipinski definition) is 7. The van der Waals surface area contributed by atoms with Gasteiger partial charge in [0.1, 0.15) is 22.7 Å². The molecule has 4 rings (SSSR count). The number of aliphatic hydroxyl groups is 2. The number of aromatic hydroxyl groups is 1. The molecular weight excluding hydrogens is 487 g/mol. The van der Waals surface area contributed by atoms with Crippen LogP contribution in [0.2, 0.25) is 0 Å². The monoisotopic (exact) mass is 509 g/mol. The van der Waals surface area contributed by atoms with Gasteiger partial charge >= 0.3 is 6.18 Å². The molecule has 2 fully saturated rings. The van der Waals surface area contributed by atoms with Crippen LogP contribution in [-0.4, -0.2) is 55.2 Å². The molecule has 2 aliphatic rings. The highest BCUT2D eigenvalue weighted by atomic mass is 32.2. The number of rotatable bonds is 5. The van der Waals surface area contributed by atoms with Crippen LogP contribution in [0, 0.1) is 22.7 Å². The van der Waals surface area contributed by atoms with E-state index in [1.165, 1.54) is 10.4 Å². The minimum absolute atomic E-state index is 0.0438. The summed E-state index contributed by atoms with van der Waals surface area (Å²) in [5.41, 5.74) is -2.19. The molecule has 1 saturated carbocycles. The van der Waals surface area contributed by atoms with Crippen LogP contribution < -0.4 is 4.74 Å². The predicted molar refractivity (Wildman–Crippen MR) is 117 cm³/mol. The molecule has 2 atom stereocenters. The average Bonchev–Trinajstić information content (AvgIpc) is 3.57. The van der Waals surface area contributed by atoms with Crippen LogP contribution in [0.15, 0.2) is 41.3 Å². The molecule has 0 aromatic heterocycles. The lowest BCUT2D eigenvalue weighted by molar-refractivity contribution is -0.137. The summed E-state index contributed by atoms with van der Waals surface area (Å²) < 4.78 is 57.0. The second-order valence-electron chi connectivity index (χ2n) is 8.18. The molecule has 35 heavy (non-hydrogen) atoms. The Balaban J connectivity index is 0.000000223. The van der Waals surface area contributed by atoms with Gasteiger partial charge in [-0.3, -0.25) is 0 Å². The molecule has 1 saturated heterocycles. The first-order valence-electron chi connectivity index (χ1n) is 10.5.